The summed E-state index contributed by atoms with van der Waals surface area (Å²) in [7, 11) is 1.54. The first-order chi connectivity index (χ1) is 10.7. The van der Waals surface area contributed by atoms with Crippen LogP contribution in [0.25, 0.3) is 0 Å². The maximum absolute atomic E-state index is 13.3. The summed E-state index contributed by atoms with van der Waals surface area (Å²) >= 11 is 0. The van der Waals surface area contributed by atoms with E-state index in [0.29, 0.717) is 11.4 Å². The molecule has 114 valence electrons. The Labute approximate surface area is 128 Å². The van der Waals surface area contributed by atoms with E-state index in [1.54, 1.807) is 31.4 Å². The van der Waals surface area contributed by atoms with Crippen LogP contribution in [0.2, 0.25) is 0 Å². The second-order valence-electron chi connectivity index (χ2n) is 5.34. The quantitative estimate of drug-likeness (QED) is 0.948. The number of nitrogens with one attached hydrogen (secondary N) is 1. The van der Waals surface area contributed by atoms with E-state index in [2.05, 4.69) is 10.3 Å². The van der Waals surface area contributed by atoms with Crippen molar-refractivity contribution in [3.05, 3.63) is 59.2 Å². The van der Waals surface area contributed by atoms with Crippen molar-refractivity contribution < 1.29 is 13.9 Å². The van der Waals surface area contributed by atoms with Crippen LogP contribution in [0.1, 0.15) is 40.5 Å². The molecule has 1 atom stereocenters. The number of nitrogens with zero attached hydrogens (tertiary/aromatic N) is 1. The van der Waals surface area contributed by atoms with Crippen molar-refractivity contribution in [3.8, 4) is 5.75 Å². The van der Waals surface area contributed by atoms with Crippen molar-refractivity contribution in [2.45, 2.75) is 25.3 Å². The molecule has 0 spiro atoms. The number of carbonyl (C=O) groups is 1. The maximum atomic E-state index is 13.3. The highest BCUT2D eigenvalue weighted by Crippen LogP contribution is 2.30. The summed E-state index contributed by atoms with van der Waals surface area (Å²) in [6.45, 7) is 0. The van der Waals surface area contributed by atoms with Gasteiger partial charge in [0.05, 0.1) is 13.2 Å². The zero-order valence-electron chi connectivity index (χ0n) is 12.3. The Balaban J connectivity index is 1.80. The molecule has 1 aromatic heterocycles. The molecule has 1 unspecified atom stereocenters. The van der Waals surface area contributed by atoms with Gasteiger partial charge in [0.1, 0.15) is 17.3 Å². The van der Waals surface area contributed by atoms with E-state index >= 15 is 0 Å². The SMILES string of the molecule is COc1ccnc(C(=O)NC2CCCc3cc(F)ccc32)c1. The Morgan fingerprint density at radius 1 is 1.36 bits per heavy atom. The summed E-state index contributed by atoms with van der Waals surface area (Å²) in [5, 5.41) is 2.98. The number of pyridine rings is 1. The summed E-state index contributed by atoms with van der Waals surface area (Å²) in [4.78, 5) is 16.4. The van der Waals surface area contributed by atoms with E-state index < -0.39 is 0 Å². The van der Waals surface area contributed by atoms with E-state index in [4.69, 9.17) is 4.74 Å². The van der Waals surface area contributed by atoms with E-state index in [0.717, 1.165) is 30.4 Å². The van der Waals surface area contributed by atoms with Gasteiger partial charge >= 0.3 is 0 Å². The van der Waals surface area contributed by atoms with Crippen molar-refractivity contribution in [2.24, 2.45) is 0 Å². The third-order valence-corrected chi connectivity index (χ3v) is 3.92. The first kappa shape index (κ1) is 14.5. The van der Waals surface area contributed by atoms with Gasteiger partial charge in [-0.25, -0.2) is 4.39 Å². The first-order valence-corrected chi connectivity index (χ1v) is 7.26. The lowest BCUT2D eigenvalue weighted by Gasteiger charge is -2.26. The lowest BCUT2D eigenvalue weighted by atomic mass is 9.87. The topological polar surface area (TPSA) is 51.2 Å². The van der Waals surface area contributed by atoms with Gasteiger partial charge in [-0.3, -0.25) is 9.78 Å². The van der Waals surface area contributed by atoms with Crippen molar-refractivity contribution >= 4 is 5.91 Å². The number of benzene rings is 1. The molecule has 0 fully saturated rings. The first-order valence-electron chi connectivity index (χ1n) is 7.26. The van der Waals surface area contributed by atoms with Gasteiger partial charge in [0.2, 0.25) is 0 Å². The fraction of sp³-hybridized carbons (Fsp3) is 0.294. The Bertz CT molecular complexity index is 703. The van der Waals surface area contributed by atoms with E-state index in [1.807, 2.05) is 0 Å². The predicted molar refractivity (Wildman–Crippen MR) is 80.3 cm³/mol. The van der Waals surface area contributed by atoms with Crippen molar-refractivity contribution in [1.82, 2.24) is 10.3 Å². The molecule has 0 bridgehead atoms. The average Bonchev–Trinajstić information content (AvgIpc) is 2.54. The molecule has 1 aliphatic rings. The van der Waals surface area contributed by atoms with Crippen LogP contribution in [-0.4, -0.2) is 18.0 Å². The molecular formula is C17H17FN2O2. The zero-order valence-corrected chi connectivity index (χ0v) is 12.3. The number of fused-ring (bicyclic) bond motifs is 1. The van der Waals surface area contributed by atoms with Crippen molar-refractivity contribution in [3.63, 3.8) is 0 Å². The molecule has 0 saturated heterocycles. The molecule has 3 rings (SSSR count). The predicted octanol–water partition coefficient (Wildman–Crippen LogP) is 3.04. The van der Waals surface area contributed by atoms with Gasteiger partial charge in [-0.05, 0) is 48.6 Å². The summed E-state index contributed by atoms with van der Waals surface area (Å²) in [5.41, 5.74) is 2.27. The smallest absolute Gasteiger partial charge is 0.270 e. The second-order valence-corrected chi connectivity index (χ2v) is 5.34. The minimum absolute atomic E-state index is 0.107. The van der Waals surface area contributed by atoms with E-state index in [-0.39, 0.29) is 17.8 Å². The fourth-order valence-electron chi connectivity index (χ4n) is 2.83. The third-order valence-electron chi connectivity index (χ3n) is 3.92. The number of rotatable bonds is 3. The summed E-state index contributed by atoms with van der Waals surface area (Å²) < 4.78 is 18.4. The summed E-state index contributed by atoms with van der Waals surface area (Å²) in [5.74, 6) is 0.104. The number of hydrogen-bond donors (Lipinski definition) is 1. The Kier molecular flexibility index (Phi) is 4.04. The highest BCUT2D eigenvalue weighted by Gasteiger charge is 2.23. The monoisotopic (exact) mass is 300 g/mol. The Morgan fingerprint density at radius 3 is 3.05 bits per heavy atom. The van der Waals surface area contributed by atoms with Crippen LogP contribution < -0.4 is 10.1 Å². The largest absolute Gasteiger partial charge is 0.497 e. The second kappa shape index (κ2) is 6.13. The molecule has 1 N–H and O–H groups in total. The zero-order chi connectivity index (χ0) is 15.5. The molecule has 5 heteroatoms. The molecule has 0 aliphatic heterocycles. The normalized spacial score (nSPS) is 16.7. The maximum Gasteiger partial charge on any atom is 0.270 e. The number of ether oxygens (including phenoxy) is 1. The third kappa shape index (κ3) is 2.93. The van der Waals surface area contributed by atoms with Gasteiger partial charge in [-0.1, -0.05) is 6.07 Å². The summed E-state index contributed by atoms with van der Waals surface area (Å²) in [6.07, 6.45) is 4.15. The minimum atomic E-state index is -0.249. The lowest BCUT2D eigenvalue weighted by molar-refractivity contribution is 0.0927. The molecule has 1 amide bonds. The van der Waals surface area contributed by atoms with Gasteiger partial charge < -0.3 is 10.1 Å². The molecule has 0 radical (unpaired) electrons. The fourth-order valence-corrected chi connectivity index (χ4v) is 2.83. The van der Waals surface area contributed by atoms with Crippen LogP contribution >= 0.6 is 0 Å². The van der Waals surface area contributed by atoms with E-state index in [1.165, 1.54) is 12.3 Å². The number of hydrogen-bond acceptors (Lipinski definition) is 3. The van der Waals surface area contributed by atoms with Gasteiger partial charge in [-0.15, -0.1) is 0 Å². The van der Waals surface area contributed by atoms with Crippen molar-refractivity contribution in [1.29, 1.82) is 0 Å². The molecular weight excluding hydrogens is 283 g/mol. The Morgan fingerprint density at radius 2 is 2.23 bits per heavy atom. The highest BCUT2D eigenvalue weighted by atomic mass is 19.1. The number of halogens is 1. The number of methoxy groups -OCH3 is 1. The van der Waals surface area contributed by atoms with Gasteiger partial charge in [-0.2, -0.15) is 0 Å². The Hall–Kier alpha value is -2.43. The van der Waals surface area contributed by atoms with Crippen molar-refractivity contribution in [2.75, 3.05) is 7.11 Å². The van der Waals surface area contributed by atoms with Crippen LogP contribution in [0.3, 0.4) is 0 Å². The highest BCUT2D eigenvalue weighted by molar-refractivity contribution is 5.92. The minimum Gasteiger partial charge on any atom is -0.497 e. The molecule has 4 nitrogen and oxygen atoms in total. The number of aryl methyl sites for hydroxylation is 1. The van der Waals surface area contributed by atoms with Gasteiger partial charge in [0.15, 0.2) is 0 Å². The molecule has 22 heavy (non-hydrogen) atoms. The lowest BCUT2D eigenvalue weighted by Crippen LogP contribution is -2.31. The van der Waals surface area contributed by atoms with Crippen LogP contribution in [0.4, 0.5) is 4.39 Å². The number of carbonyl (C=O) groups excluding carboxylic acids is 1. The molecule has 2 aromatic rings. The molecule has 1 aliphatic carbocycles. The molecule has 0 saturated carbocycles. The van der Waals surface area contributed by atoms with Crippen LogP contribution in [0.5, 0.6) is 5.75 Å². The van der Waals surface area contributed by atoms with Crippen LogP contribution in [0.15, 0.2) is 36.5 Å². The molecule has 1 aromatic carbocycles. The average molecular weight is 300 g/mol. The van der Waals surface area contributed by atoms with Crippen LogP contribution in [-0.2, 0) is 6.42 Å². The van der Waals surface area contributed by atoms with Gasteiger partial charge in [0.25, 0.3) is 5.91 Å². The standard InChI is InChI=1S/C17H17FN2O2/c1-22-13-7-8-19-16(10-13)17(21)20-15-4-2-3-11-9-12(18)5-6-14(11)15/h5-10,15H,2-4H2,1H3,(H,20,21). The number of amides is 1. The van der Waals surface area contributed by atoms with E-state index in [9.17, 15) is 9.18 Å². The number of aromatic nitrogens is 1. The summed E-state index contributed by atoms with van der Waals surface area (Å²) in [6, 6.07) is 7.93. The van der Waals surface area contributed by atoms with Gasteiger partial charge in [0, 0.05) is 12.3 Å². The van der Waals surface area contributed by atoms with Crippen LogP contribution in [0, 0.1) is 5.82 Å². The molecule has 1 heterocycles.